The van der Waals surface area contributed by atoms with Gasteiger partial charge in [-0.2, -0.15) is 0 Å². The fourth-order valence-corrected chi connectivity index (χ4v) is 2.75. The molecule has 0 saturated heterocycles. The molecule has 3 rings (SSSR count). The van der Waals surface area contributed by atoms with Crippen LogP contribution in [0.4, 0.5) is 5.69 Å². The molecule has 0 saturated carbocycles. The Kier molecular flexibility index (Phi) is 5.61. The lowest BCUT2D eigenvalue weighted by Gasteiger charge is -2.03. The number of carbonyl (C=O) groups excluding carboxylic acids is 2. The molecule has 0 radical (unpaired) electrons. The van der Waals surface area contributed by atoms with Crippen LogP contribution >= 0.6 is 0 Å². The summed E-state index contributed by atoms with van der Waals surface area (Å²) in [5.74, 6) is -0.621. The first kappa shape index (κ1) is 18.3. The molecule has 1 aromatic heterocycles. The van der Waals surface area contributed by atoms with E-state index in [2.05, 4.69) is 15.5 Å². The molecule has 0 aliphatic carbocycles. The third-order valence-corrected chi connectivity index (χ3v) is 4.20. The van der Waals surface area contributed by atoms with E-state index in [0.717, 1.165) is 10.9 Å². The van der Waals surface area contributed by atoms with Gasteiger partial charge in [-0.1, -0.05) is 36.4 Å². The van der Waals surface area contributed by atoms with Crippen molar-refractivity contribution in [3.8, 4) is 5.88 Å². The fourth-order valence-electron chi connectivity index (χ4n) is 2.75. The molecule has 0 atom stereocenters. The minimum Gasteiger partial charge on any atom is -0.493 e. The van der Waals surface area contributed by atoms with Crippen LogP contribution in [0.15, 0.2) is 64.8 Å². The van der Waals surface area contributed by atoms with Gasteiger partial charge in [-0.15, -0.1) is 10.2 Å². The molecule has 0 unspecified atom stereocenters. The number of aromatic hydroxyl groups is 1. The Hall–Kier alpha value is -3.48. The van der Waals surface area contributed by atoms with Crippen molar-refractivity contribution in [2.24, 2.45) is 17.3 Å². The second-order valence-electron chi connectivity index (χ2n) is 6.07. The van der Waals surface area contributed by atoms with E-state index < -0.39 is 5.91 Å². The van der Waals surface area contributed by atoms with Crippen molar-refractivity contribution in [1.29, 1.82) is 0 Å². The average Bonchev–Trinajstić information content (AvgIpc) is 2.94. The van der Waals surface area contributed by atoms with Crippen molar-refractivity contribution in [2.45, 2.75) is 12.8 Å². The highest BCUT2D eigenvalue weighted by Gasteiger charge is 2.14. The molecule has 2 N–H and O–H groups in total. The lowest BCUT2D eigenvalue weighted by molar-refractivity contribution is -0.118. The molecule has 2 aromatic carbocycles. The van der Waals surface area contributed by atoms with E-state index in [1.54, 1.807) is 35.9 Å². The highest BCUT2D eigenvalue weighted by atomic mass is 16.3. The Morgan fingerprint density at radius 2 is 1.78 bits per heavy atom. The molecule has 0 spiro atoms. The standard InChI is InChI=1S/C20H20N4O3/c1-24-16-11-6-5-10-15(16)18(20(24)27)23-22-17(25)12-7-13-21-19(26)14-8-3-2-4-9-14/h2-6,8-11,27H,7,12-13H2,1H3,(H,21,26). The van der Waals surface area contributed by atoms with Crippen molar-refractivity contribution in [2.75, 3.05) is 6.54 Å². The van der Waals surface area contributed by atoms with E-state index in [1.807, 2.05) is 30.3 Å². The van der Waals surface area contributed by atoms with Crippen molar-refractivity contribution in [1.82, 2.24) is 9.88 Å². The van der Waals surface area contributed by atoms with Crippen molar-refractivity contribution in [3.63, 3.8) is 0 Å². The fraction of sp³-hybridized carbons (Fsp3) is 0.200. The van der Waals surface area contributed by atoms with Gasteiger partial charge in [0, 0.05) is 31.0 Å². The minimum absolute atomic E-state index is 0.0390. The Bertz CT molecular complexity index is 993. The Labute approximate surface area is 156 Å². The third-order valence-electron chi connectivity index (χ3n) is 4.20. The maximum atomic E-state index is 11.9. The zero-order valence-corrected chi connectivity index (χ0v) is 14.9. The number of amides is 2. The molecular formula is C20H20N4O3. The van der Waals surface area contributed by atoms with Gasteiger partial charge in [0.15, 0.2) is 5.69 Å². The third kappa shape index (κ3) is 4.20. The van der Waals surface area contributed by atoms with Crippen LogP contribution in [0.1, 0.15) is 23.2 Å². The SMILES string of the molecule is Cn1c(O)c(N=NC(=O)CCCNC(=O)c2ccccc2)c2ccccc21. The van der Waals surface area contributed by atoms with Gasteiger partial charge in [0.05, 0.1) is 5.52 Å². The molecular weight excluding hydrogens is 344 g/mol. The summed E-state index contributed by atoms with van der Waals surface area (Å²) in [4.78, 5) is 23.8. The average molecular weight is 364 g/mol. The maximum Gasteiger partial charge on any atom is 0.264 e. The number of aromatic nitrogens is 1. The molecule has 0 aliphatic heterocycles. The van der Waals surface area contributed by atoms with Crippen LogP contribution in [-0.2, 0) is 11.8 Å². The van der Waals surface area contributed by atoms with Crippen LogP contribution in [-0.4, -0.2) is 28.0 Å². The summed E-state index contributed by atoms with van der Waals surface area (Å²) in [6.07, 6.45) is 0.613. The van der Waals surface area contributed by atoms with Gasteiger partial charge in [0.25, 0.3) is 11.8 Å². The second-order valence-corrected chi connectivity index (χ2v) is 6.07. The highest BCUT2D eigenvalue weighted by molar-refractivity contribution is 5.95. The smallest absolute Gasteiger partial charge is 0.264 e. The lowest BCUT2D eigenvalue weighted by atomic mass is 10.2. The highest BCUT2D eigenvalue weighted by Crippen LogP contribution is 2.37. The Morgan fingerprint density at radius 1 is 1.07 bits per heavy atom. The van der Waals surface area contributed by atoms with Crippen LogP contribution in [0.3, 0.4) is 0 Å². The van der Waals surface area contributed by atoms with Gasteiger partial charge in [-0.3, -0.25) is 9.59 Å². The normalized spacial score (nSPS) is 11.1. The minimum atomic E-state index is -0.406. The summed E-state index contributed by atoms with van der Waals surface area (Å²) in [6.45, 7) is 0.370. The van der Waals surface area contributed by atoms with Crippen LogP contribution in [0, 0.1) is 0 Å². The number of rotatable bonds is 6. The quantitative estimate of drug-likeness (QED) is 0.515. The molecule has 2 amide bonds. The van der Waals surface area contributed by atoms with E-state index in [-0.39, 0.29) is 23.9 Å². The zero-order chi connectivity index (χ0) is 19.2. The predicted octanol–water partition coefficient (Wildman–Crippen LogP) is 3.70. The molecule has 0 fully saturated rings. The largest absolute Gasteiger partial charge is 0.493 e. The molecule has 1 heterocycles. The summed E-state index contributed by atoms with van der Waals surface area (Å²) in [5.41, 5.74) is 1.66. The topological polar surface area (TPSA) is 96.0 Å². The van der Waals surface area contributed by atoms with E-state index in [9.17, 15) is 14.7 Å². The monoisotopic (exact) mass is 364 g/mol. The summed E-state index contributed by atoms with van der Waals surface area (Å²) >= 11 is 0. The number of azo groups is 1. The maximum absolute atomic E-state index is 11.9. The van der Waals surface area contributed by atoms with Gasteiger partial charge >= 0.3 is 0 Å². The molecule has 7 nitrogen and oxygen atoms in total. The number of fused-ring (bicyclic) bond motifs is 1. The molecule has 0 aliphatic rings. The van der Waals surface area contributed by atoms with Gasteiger partial charge in [0.1, 0.15) is 0 Å². The number of aryl methyl sites for hydroxylation is 1. The predicted molar refractivity (Wildman–Crippen MR) is 102 cm³/mol. The van der Waals surface area contributed by atoms with Gasteiger partial charge in [-0.05, 0) is 24.6 Å². The van der Waals surface area contributed by atoms with Crippen molar-refractivity contribution < 1.29 is 14.7 Å². The summed E-state index contributed by atoms with van der Waals surface area (Å²) < 4.78 is 1.59. The van der Waals surface area contributed by atoms with Crippen LogP contribution < -0.4 is 5.32 Å². The first-order valence-electron chi connectivity index (χ1n) is 8.62. The number of hydrogen-bond acceptors (Lipinski definition) is 4. The van der Waals surface area contributed by atoms with E-state index in [1.165, 1.54) is 0 Å². The van der Waals surface area contributed by atoms with Gasteiger partial charge in [0.2, 0.25) is 5.88 Å². The van der Waals surface area contributed by atoms with Crippen LogP contribution in [0.25, 0.3) is 10.9 Å². The first-order chi connectivity index (χ1) is 13.1. The number of nitrogens with one attached hydrogen (secondary N) is 1. The number of benzene rings is 2. The number of carbonyl (C=O) groups is 2. The number of para-hydroxylation sites is 1. The van der Waals surface area contributed by atoms with E-state index in [0.29, 0.717) is 18.5 Å². The summed E-state index contributed by atoms with van der Waals surface area (Å²) in [7, 11) is 1.72. The first-order valence-corrected chi connectivity index (χ1v) is 8.62. The zero-order valence-electron chi connectivity index (χ0n) is 14.9. The van der Waals surface area contributed by atoms with Crippen LogP contribution in [0.5, 0.6) is 5.88 Å². The van der Waals surface area contributed by atoms with E-state index in [4.69, 9.17) is 0 Å². The molecule has 7 heteroatoms. The number of nitrogens with zero attached hydrogens (tertiary/aromatic N) is 3. The second kappa shape index (κ2) is 8.27. The van der Waals surface area contributed by atoms with Crippen molar-refractivity contribution >= 4 is 28.4 Å². The molecule has 27 heavy (non-hydrogen) atoms. The Morgan fingerprint density at radius 3 is 2.56 bits per heavy atom. The molecule has 3 aromatic rings. The molecule has 138 valence electrons. The van der Waals surface area contributed by atoms with E-state index >= 15 is 0 Å². The van der Waals surface area contributed by atoms with Gasteiger partial charge in [-0.25, -0.2) is 0 Å². The Balaban J connectivity index is 1.53. The molecule has 0 bridgehead atoms. The number of hydrogen-bond donors (Lipinski definition) is 2. The van der Waals surface area contributed by atoms with Crippen molar-refractivity contribution in [3.05, 3.63) is 60.2 Å². The van der Waals surface area contributed by atoms with Gasteiger partial charge < -0.3 is 15.0 Å². The lowest BCUT2D eigenvalue weighted by Crippen LogP contribution is -2.24. The summed E-state index contributed by atoms with van der Waals surface area (Å²) in [6, 6.07) is 16.2. The summed E-state index contributed by atoms with van der Waals surface area (Å²) in [5, 5.41) is 21.3. The van der Waals surface area contributed by atoms with Crippen LogP contribution in [0.2, 0.25) is 0 Å².